The monoisotopic (exact) mass is 384 g/mol. The Kier molecular flexibility index (Phi) is 5.78. The zero-order valence-electron chi connectivity index (χ0n) is 15.6. The fourth-order valence-electron chi connectivity index (χ4n) is 2.86. The zero-order chi connectivity index (χ0) is 20.1. The van der Waals surface area contributed by atoms with Crippen LogP contribution < -0.4 is 19.7 Å². The lowest BCUT2D eigenvalue weighted by Gasteiger charge is -2.23. The Morgan fingerprint density at radius 2 is 1.86 bits per heavy atom. The maximum Gasteiger partial charge on any atom is 0.339 e. The minimum atomic E-state index is -0.536. The number of esters is 1. The smallest absolute Gasteiger partial charge is 0.339 e. The van der Waals surface area contributed by atoms with Gasteiger partial charge in [0.05, 0.1) is 18.4 Å². The number of carbonyl (C=O) groups is 3. The highest BCUT2D eigenvalue weighted by Crippen LogP contribution is 2.32. The molecule has 0 aromatic heterocycles. The van der Waals surface area contributed by atoms with Gasteiger partial charge in [-0.25, -0.2) is 4.79 Å². The lowest BCUT2D eigenvalue weighted by Crippen LogP contribution is -2.38. The van der Waals surface area contributed by atoms with E-state index < -0.39 is 5.97 Å². The number of benzene rings is 2. The van der Waals surface area contributed by atoms with Gasteiger partial charge in [-0.15, -0.1) is 0 Å². The fraction of sp³-hybridized carbons (Fsp3) is 0.250. The number of carbonyl (C=O) groups excluding carboxylic acids is 3. The summed E-state index contributed by atoms with van der Waals surface area (Å²) in [6.07, 6.45) is 0. The van der Waals surface area contributed by atoms with E-state index in [-0.39, 0.29) is 37.3 Å². The molecule has 1 heterocycles. The summed E-state index contributed by atoms with van der Waals surface area (Å²) in [7, 11) is 1.28. The van der Waals surface area contributed by atoms with E-state index in [2.05, 4.69) is 5.32 Å². The summed E-state index contributed by atoms with van der Waals surface area (Å²) in [5.41, 5.74) is 1.13. The topological polar surface area (TPSA) is 94.2 Å². The number of ether oxygens (including phenoxy) is 3. The molecule has 0 atom stereocenters. The molecule has 0 radical (unpaired) electrons. The molecule has 1 N–H and O–H groups in total. The van der Waals surface area contributed by atoms with E-state index >= 15 is 0 Å². The maximum absolute atomic E-state index is 12.4. The number of nitrogens with zero attached hydrogens (tertiary/aromatic N) is 1. The Labute approximate surface area is 162 Å². The van der Waals surface area contributed by atoms with Gasteiger partial charge in [-0.2, -0.15) is 0 Å². The molecule has 0 bridgehead atoms. The third-order valence-corrected chi connectivity index (χ3v) is 4.24. The Balaban J connectivity index is 1.67. The number of nitrogens with one attached hydrogen (secondary N) is 1. The molecule has 2 amide bonds. The van der Waals surface area contributed by atoms with Gasteiger partial charge >= 0.3 is 5.97 Å². The number of hydrogen-bond acceptors (Lipinski definition) is 6. The van der Waals surface area contributed by atoms with Crippen molar-refractivity contribution in [3.63, 3.8) is 0 Å². The lowest BCUT2D eigenvalue weighted by atomic mass is 10.1. The molecule has 0 unspecified atom stereocenters. The normalized spacial score (nSPS) is 11.6. The number of methoxy groups -OCH3 is 1. The molecule has 28 heavy (non-hydrogen) atoms. The van der Waals surface area contributed by atoms with Gasteiger partial charge in [-0.3, -0.25) is 9.59 Å². The molecule has 2 aromatic rings. The van der Waals surface area contributed by atoms with Crippen LogP contribution in [0, 0.1) is 0 Å². The molecular formula is C20H20N2O6. The van der Waals surface area contributed by atoms with Gasteiger partial charge in [0.2, 0.25) is 12.7 Å². The molecule has 8 heteroatoms. The first kappa shape index (κ1) is 19.2. The van der Waals surface area contributed by atoms with E-state index in [0.29, 0.717) is 22.7 Å². The van der Waals surface area contributed by atoms with Gasteiger partial charge in [-0.05, 0) is 30.3 Å². The van der Waals surface area contributed by atoms with Gasteiger partial charge in [0, 0.05) is 25.6 Å². The first-order chi connectivity index (χ1) is 13.5. The van der Waals surface area contributed by atoms with E-state index in [0.717, 1.165) is 0 Å². The van der Waals surface area contributed by atoms with Crippen molar-refractivity contribution in [2.24, 2.45) is 0 Å². The van der Waals surface area contributed by atoms with E-state index in [9.17, 15) is 14.4 Å². The van der Waals surface area contributed by atoms with Crippen LogP contribution in [-0.4, -0.2) is 44.8 Å². The number of anilines is 1. The summed E-state index contributed by atoms with van der Waals surface area (Å²) in [4.78, 5) is 37.9. The van der Waals surface area contributed by atoms with E-state index in [4.69, 9.17) is 14.2 Å². The molecule has 2 aromatic carbocycles. The van der Waals surface area contributed by atoms with Gasteiger partial charge in [0.25, 0.3) is 5.91 Å². The van der Waals surface area contributed by atoms with Crippen LogP contribution in [0.4, 0.5) is 5.69 Å². The average molecular weight is 384 g/mol. The Bertz CT molecular complexity index is 911. The summed E-state index contributed by atoms with van der Waals surface area (Å²) in [5.74, 6) is 0.0201. The van der Waals surface area contributed by atoms with Crippen LogP contribution in [0.2, 0.25) is 0 Å². The molecule has 3 rings (SSSR count). The summed E-state index contributed by atoms with van der Waals surface area (Å²) in [6, 6.07) is 11.6. The van der Waals surface area contributed by atoms with Crippen molar-refractivity contribution in [2.45, 2.75) is 6.92 Å². The van der Waals surface area contributed by atoms with Crippen molar-refractivity contribution in [1.82, 2.24) is 5.32 Å². The highest BCUT2D eigenvalue weighted by atomic mass is 16.7. The Morgan fingerprint density at radius 1 is 1.11 bits per heavy atom. The minimum absolute atomic E-state index is 0.133. The summed E-state index contributed by atoms with van der Waals surface area (Å²) < 4.78 is 15.3. The summed E-state index contributed by atoms with van der Waals surface area (Å²) >= 11 is 0. The average Bonchev–Trinajstić information content (AvgIpc) is 3.18. The lowest BCUT2D eigenvalue weighted by molar-refractivity contribution is -0.116. The SMILES string of the molecule is COC(=O)c1ccccc1N(CCNC(=O)c1ccc2c(c1)OCO2)C(C)=O. The standard InChI is InChI=1S/C20H20N2O6/c1-13(23)22(16-6-4-3-5-15(16)20(25)26-2)10-9-21-19(24)14-7-8-17-18(11-14)28-12-27-17/h3-8,11H,9-10,12H2,1-2H3,(H,21,24). The zero-order valence-corrected chi connectivity index (χ0v) is 15.6. The fourth-order valence-corrected chi connectivity index (χ4v) is 2.86. The highest BCUT2D eigenvalue weighted by Gasteiger charge is 2.20. The van der Waals surface area contributed by atoms with Crippen molar-refractivity contribution >= 4 is 23.5 Å². The first-order valence-electron chi connectivity index (χ1n) is 8.64. The van der Waals surface area contributed by atoms with E-state index in [1.165, 1.54) is 18.9 Å². The largest absolute Gasteiger partial charge is 0.465 e. The van der Waals surface area contributed by atoms with Crippen molar-refractivity contribution in [3.8, 4) is 11.5 Å². The van der Waals surface area contributed by atoms with Crippen LogP contribution in [0.25, 0.3) is 0 Å². The molecule has 0 spiro atoms. The van der Waals surface area contributed by atoms with Gasteiger partial charge in [0.1, 0.15) is 0 Å². The number of rotatable bonds is 6. The quantitative estimate of drug-likeness (QED) is 0.766. The van der Waals surface area contributed by atoms with E-state index in [1.807, 2.05) is 0 Å². The number of hydrogen-bond donors (Lipinski definition) is 1. The Morgan fingerprint density at radius 3 is 2.61 bits per heavy atom. The van der Waals surface area contributed by atoms with Crippen molar-refractivity contribution in [2.75, 3.05) is 31.9 Å². The molecule has 8 nitrogen and oxygen atoms in total. The highest BCUT2D eigenvalue weighted by molar-refractivity contribution is 6.02. The van der Waals surface area contributed by atoms with Gasteiger partial charge in [0.15, 0.2) is 11.5 Å². The van der Waals surface area contributed by atoms with Crippen LogP contribution in [0.5, 0.6) is 11.5 Å². The number of para-hydroxylation sites is 1. The summed E-state index contributed by atoms with van der Waals surface area (Å²) in [6.45, 7) is 1.92. The second-order valence-corrected chi connectivity index (χ2v) is 6.00. The minimum Gasteiger partial charge on any atom is -0.465 e. The van der Waals surface area contributed by atoms with Crippen molar-refractivity contribution in [3.05, 3.63) is 53.6 Å². The van der Waals surface area contributed by atoms with Gasteiger partial charge in [-0.1, -0.05) is 12.1 Å². The number of fused-ring (bicyclic) bond motifs is 1. The first-order valence-corrected chi connectivity index (χ1v) is 8.64. The molecule has 0 saturated heterocycles. The molecule has 0 fully saturated rings. The second-order valence-electron chi connectivity index (χ2n) is 6.00. The number of amides is 2. The Hall–Kier alpha value is -3.55. The predicted molar refractivity (Wildman–Crippen MR) is 101 cm³/mol. The van der Waals surface area contributed by atoms with Crippen LogP contribution in [0.1, 0.15) is 27.6 Å². The van der Waals surface area contributed by atoms with Crippen molar-refractivity contribution < 1.29 is 28.6 Å². The third-order valence-electron chi connectivity index (χ3n) is 4.24. The van der Waals surface area contributed by atoms with Crippen LogP contribution in [-0.2, 0) is 9.53 Å². The molecular weight excluding hydrogens is 364 g/mol. The molecule has 0 aliphatic carbocycles. The third kappa shape index (κ3) is 4.06. The van der Waals surface area contributed by atoms with Crippen molar-refractivity contribution in [1.29, 1.82) is 0 Å². The predicted octanol–water partition coefficient (Wildman–Crippen LogP) is 1.98. The molecule has 1 aliphatic heterocycles. The van der Waals surface area contributed by atoms with Crippen LogP contribution in [0.15, 0.2) is 42.5 Å². The molecule has 146 valence electrons. The van der Waals surface area contributed by atoms with Gasteiger partial charge < -0.3 is 24.4 Å². The van der Waals surface area contributed by atoms with E-state index in [1.54, 1.807) is 42.5 Å². The summed E-state index contributed by atoms with van der Waals surface area (Å²) in [5, 5.41) is 2.76. The van der Waals surface area contributed by atoms with Crippen LogP contribution in [0.3, 0.4) is 0 Å². The maximum atomic E-state index is 12.4. The molecule has 1 aliphatic rings. The second kappa shape index (κ2) is 8.43. The molecule has 0 saturated carbocycles. The van der Waals surface area contributed by atoms with Crippen LogP contribution >= 0.6 is 0 Å².